The van der Waals surface area contributed by atoms with E-state index in [9.17, 15) is 14.9 Å². The molecule has 0 aliphatic carbocycles. The van der Waals surface area contributed by atoms with Crippen molar-refractivity contribution in [2.24, 2.45) is 0 Å². The molecule has 0 saturated carbocycles. The van der Waals surface area contributed by atoms with Gasteiger partial charge in [-0.25, -0.2) is 14.4 Å². The Bertz CT molecular complexity index is 1380. The minimum atomic E-state index is -0.522. The summed E-state index contributed by atoms with van der Waals surface area (Å²) in [6.45, 7) is 0.00277. The van der Waals surface area contributed by atoms with Crippen LogP contribution in [0.15, 0.2) is 33.7 Å². The van der Waals surface area contributed by atoms with Crippen molar-refractivity contribution in [2.45, 2.75) is 0 Å². The smallest absolute Gasteiger partial charge is 0.280 e. The lowest BCUT2D eigenvalue weighted by atomic mass is 10.1. The molecule has 0 N–H and O–H groups in total. The predicted octanol–water partition coefficient (Wildman–Crippen LogP) is 2.25. The summed E-state index contributed by atoms with van der Waals surface area (Å²) in [5, 5.41) is 11.4. The first-order valence-corrected chi connectivity index (χ1v) is 9.18. The maximum atomic E-state index is 12.8. The lowest BCUT2D eigenvalue weighted by Crippen LogP contribution is -2.23. The molecule has 4 heterocycles. The molecule has 0 fully saturated rings. The van der Waals surface area contributed by atoms with Crippen LogP contribution in [0.2, 0.25) is 0 Å². The van der Waals surface area contributed by atoms with Gasteiger partial charge >= 0.3 is 0 Å². The van der Waals surface area contributed by atoms with Crippen molar-refractivity contribution < 1.29 is 14.4 Å². The second-order valence-corrected chi connectivity index (χ2v) is 7.59. The zero-order chi connectivity index (χ0) is 18.7. The van der Waals surface area contributed by atoms with Crippen LogP contribution in [0.4, 0.5) is 5.69 Å². The van der Waals surface area contributed by atoms with Gasteiger partial charge in [0.05, 0.1) is 21.1 Å². The fraction of sp³-hybridized carbons (Fsp3) is 0.0625. The van der Waals surface area contributed by atoms with E-state index >= 15 is 0 Å². The Morgan fingerprint density at radius 2 is 2.07 bits per heavy atom. The van der Waals surface area contributed by atoms with Crippen LogP contribution in [0.1, 0.15) is 5.56 Å². The molecule has 0 bridgehead atoms. The van der Waals surface area contributed by atoms with Gasteiger partial charge in [0.1, 0.15) is 5.52 Å². The minimum absolute atomic E-state index is 0.00277. The molecule has 0 unspecified atom stereocenters. The van der Waals surface area contributed by atoms with Crippen LogP contribution in [0.3, 0.4) is 0 Å². The maximum absolute atomic E-state index is 12.8. The Kier molecular flexibility index (Phi) is 3.42. The first kappa shape index (κ1) is 16.1. The molecule has 5 rings (SSSR count). The van der Waals surface area contributed by atoms with Gasteiger partial charge in [0.25, 0.3) is 11.2 Å². The first-order valence-electron chi connectivity index (χ1n) is 7.57. The summed E-state index contributed by atoms with van der Waals surface area (Å²) in [7, 11) is 0. The molecular formula is C16H7BrN4O5S. The highest BCUT2D eigenvalue weighted by Crippen LogP contribution is 2.38. The van der Waals surface area contributed by atoms with E-state index in [1.54, 1.807) is 12.3 Å². The van der Waals surface area contributed by atoms with E-state index in [0.717, 1.165) is 15.8 Å². The number of fused-ring (bicyclic) bond motifs is 4. The number of halogens is 1. The Labute approximate surface area is 161 Å². The second-order valence-electron chi connectivity index (χ2n) is 5.66. The molecule has 0 amide bonds. The molecule has 134 valence electrons. The van der Waals surface area contributed by atoms with Gasteiger partial charge in [0.2, 0.25) is 6.79 Å². The number of thiazole rings is 1. The van der Waals surface area contributed by atoms with Crippen molar-refractivity contribution in [2.75, 3.05) is 6.79 Å². The number of nitro groups is 1. The van der Waals surface area contributed by atoms with E-state index in [2.05, 4.69) is 25.9 Å². The van der Waals surface area contributed by atoms with E-state index < -0.39 is 4.92 Å². The lowest BCUT2D eigenvalue weighted by molar-refractivity contribution is -0.385. The van der Waals surface area contributed by atoms with Crippen molar-refractivity contribution in [3.63, 3.8) is 0 Å². The summed E-state index contributed by atoms with van der Waals surface area (Å²) in [4.78, 5) is 32.8. The summed E-state index contributed by atoms with van der Waals surface area (Å²) in [6.07, 6.45) is 3.05. The number of rotatable bonds is 2. The minimum Gasteiger partial charge on any atom is -0.454 e. The summed E-state index contributed by atoms with van der Waals surface area (Å²) in [5.74, 6) is 0.709. The first-order chi connectivity index (χ1) is 13.0. The van der Waals surface area contributed by atoms with E-state index in [-0.39, 0.29) is 23.6 Å². The van der Waals surface area contributed by atoms with Crippen molar-refractivity contribution >= 4 is 55.2 Å². The monoisotopic (exact) mass is 446 g/mol. The number of benzene rings is 1. The largest absolute Gasteiger partial charge is 0.454 e. The molecule has 11 heteroatoms. The van der Waals surface area contributed by atoms with Crippen LogP contribution in [0, 0.1) is 10.1 Å². The van der Waals surface area contributed by atoms with E-state index in [4.69, 9.17) is 9.47 Å². The Hall–Kier alpha value is -3.05. The number of aromatic nitrogens is 3. The molecule has 27 heavy (non-hydrogen) atoms. The Morgan fingerprint density at radius 1 is 1.30 bits per heavy atom. The number of nitro benzene ring substituents is 1. The highest BCUT2D eigenvalue weighted by Gasteiger charge is 2.23. The summed E-state index contributed by atoms with van der Waals surface area (Å²) in [6, 6.07) is 4.56. The molecule has 9 nitrogen and oxygen atoms in total. The normalized spacial score (nSPS) is 13.7. The zero-order valence-corrected chi connectivity index (χ0v) is 15.6. The molecule has 4 aromatic rings. The van der Waals surface area contributed by atoms with Crippen LogP contribution in [0.5, 0.6) is 11.5 Å². The van der Waals surface area contributed by atoms with E-state index in [1.165, 1.54) is 22.6 Å². The highest BCUT2D eigenvalue weighted by molar-refractivity contribution is 9.10. The van der Waals surface area contributed by atoms with Crippen molar-refractivity contribution in [1.82, 2.24) is 14.4 Å². The van der Waals surface area contributed by atoms with E-state index in [0.29, 0.717) is 32.2 Å². The fourth-order valence-corrected chi connectivity index (χ4v) is 4.16. The SMILES string of the molecule is O=c1c(=Cc2cc3c(cc2[N+](=O)[O-])OCO3)sc2nc3cc(Br)cnc3n12. The van der Waals surface area contributed by atoms with Crippen molar-refractivity contribution in [3.8, 4) is 11.5 Å². The van der Waals surface area contributed by atoms with Gasteiger partial charge in [-0.2, -0.15) is 0 Å². The van der Waals surface area contributed by atoms with Gasteiger partial charge in [-0.05, 0) is 34.1 Å². The summed E-state index contributed by atoms with van der Waals surface area (Å²) >= 11 is 4.46. The average molecular weight is 447 g/mol. The van der Waals surface area contributed by atoms with Crippen LogP contribution >= 0.6 is 27.3 Å². The van der Waals surface area contributed by atoms with E-state index in [1.807, 2.05) is 0 Å². The molecule has 1 aliphatic heterocycles. The maximum Gasteiger partial charge on any atom is 0.280 e. The van der Waals surface area contributed by atoms with Crippen LogP contribution < -0.4 is 19.6 Å². The number of hydrogen-bond acceptors (Lipinski definition) is 8. The van der Waals surface area contributed by atoms with Gasteiger partial charge in [-0.3, -0.25) is 14.9 Å². The predicted molar refractivity (Wildman–Crippen MR) is 100 cm³/mol. The van der Waals surface area contributed by atoms with Gasteiger partial charge < -0.3 is 9.47 Å². The van der Waals surface area contributed by atoms with Crippen molar-refractivity contribution in [3.05, 3.63) is 59.4 Å². The zero-order valence-electron chi connectivity index (χ0n) is 13.2. The van der Waals surface area contributed by atoms with Crippen LogP contribution in [0.25, 0.3) is 22.2 Å². The third-order valence-corrected chi connectivity index (χ3v) is 5.46. The average Bonchev–Trinajstić information content (AvgIpc) is 3.29. The third-order valence-electron chi connectivity index (χ3n) is 4.05. The van der Waals surface area contributed by atoms with Gasteiger partial charge in [0.15, 0.2) is 22.1 Å². The summed E-state index contributed by atoms with van der Waals surface area (Å²) in [5.41, 5.74) is 0.782. The standard InChI is InChI=1S/C16H7BrN4O5S/c17-8-3-9-14(18-5-8)20-15(22)13(27-16(20)19-9)2-7-1-11-12(26-6-25-11)4-10(7)21(23)24/h1-5H,6H2. The van der Waals surface area contributed by atoms with Gasteiger partial charge in [-0.1, -0.05) is 11.3 Å². The Morgan fingerprint density at radius 3 is 2.85 bits per heavy atom. The number of hydrogen-bond donors (Lipinski definition) is 0. The van der Waals surface area contributed by atoms with Crippen LogP contribution in [-0.2, 0) is 0 Å². The fourth-order valence-electron chi connectivity index (χ4n) is 2.88. The van der Waals surface area contributed by atoms with Crippen LogP contribution in [-0.4, -0.2) is 26.1 Å². The molecule has 0 saturated heterocycles. The number of imidazole rings is 1. The molecule has 0 spiro atoms. The number of nitrogens with zero attached hydrogens (tertiary/aromatic N) is 4. The number of ether oxygens (including phenoxy) is 2. The van der Waals surface area contributed by atoms with Gasteiger partial charge in [0, 0.05) is 10.7 Å². The third kappa shape index (κ3) is 2.46. The molecular weight excluding hydrogens is 440 g/mol. The molecule has 1 aliphatic rings. The summed E-state index contributed by atoms with van der Waals surface area (Å²) < 4.78 is 12.9. The number of pyridine rings is 1. The van der Waals surface area contributed by atoms with Gasteiger partial charge in [-0.15, -0.1) is 0 Å². The quantitative estimate of drug-likeness (QED) is 0.343. The topological polar surface area (TPSA) is 109 Å². The Balaban J connectivity index is 1.77. The molecule has 0 radical (unpaired) electrons. The lowest BCUT2D eigenvalue weighted by Gasteiger charge is -2.00. The van der Waals surface area contributed by atoms with Crippen molar-refractivity contribution in [1.29, 1.82) is 0 Å². The highest BCUT2D eigenvalue weighted by atomic mass is 79.9. The molecule has 3 aromatic heterocycles. The molecule has 1 aromatic carbocycles. The second kappa shape index (κ2) is 5.72. The molecule has 0 atom stereocenters.